The summed E-state index contributed by atoms with van der Waals surface area (Å²) in [5, 5.41) is 0. The monoisotopic (exact) mass is 303 g/mol. The maximum atomic E-state index is 4.72. The smallest absolute Gasteiger partial charge is 0.227 e. The molecule has 5 nitrogen and oxygen atoms in total. The van der Waals surface area contributed by atoms with Gasteiger partial charge in [0.1, 0.15) is 5.82 Å². The fraction of sp³-hybridized carbons (Fsp3) is 0.765. The predicted molar refractivity (Wildman–Crippen MR) is 91.6 cm³/mol. The number of nitrogens with zero attached hydrogens (tertiary/aromatic N) is 5. The van der Waals surface area contributed by atoms with Crippen LogP contribution >= 0.6 is 0 Å². The summed E-state index contributed by atoms with van der Waals surface area (Å²) in [6, 6.07) is 2.65. The topological polar surface area (TPSA) is 35.5 Å². The van der Waals surface area contributed by atoms with Gasteiger partial charge in [-0.3, -0.25) is 4.90 Å². The lowest BCUT2D eigenvalue weighted by atomic mass is 10.0. The highest BCUT2D eigenvalue weighted by atomic mass is 15.3. The first-order valence-electron chi connectivity index (χ1n) is 8.73. The van der Waals surface area contributed by atoms with E-state index in [4.69, 9.17) is 4.98 Å². The van der Waals surface area contributed by atoms with Crippen molar-refractivity contribution in [3.63, 3.8) is 0 Å². The Morgan fingerprint density at radius 3 is 2.55 bits per heavy atom. The van der Waals surface area contributed by atoms with E-state index in [1.165, 1.54) is 51.6 Å². The van der Waals surface area contributed by atoms with Gasteiger partial charge >= 0.3 is 0 Å². The van der Waals surface area contributed by atoms with E-state index in [1.807, 2.05) is 31.3 Å². The average molecular weight is 303 g/mol. The quantitative estimate of drug-likeness (QED) is 0.857. The Kier molecular flexibility index (Phi) is 5.13. The molecule has 5 heteroatoms. The van der Waals surface area contributed by atoms with Crippen molar-refractivity contribution < 1.29 is 0 Å². The third-order valence-corrected chi connectivity index (χ3v) is 4.92. The minimum atomic E-state index is 0.679. The lowest BCUT2D eigenvalue weighted by Crippen LogP contribution is -2.48. The molecular weight excluding hydrogens is 274 g/mol. The molecule has 0 spiro atoms. The molecule has 122 valence electrons. The Hall–Kier alpha value is -1.36. The first kappa shape index (κ1) is 15.5. The zero-order valence-electron chi connectivity index (χ0n) is 14.0. The van der Waals surface area contributed by atoms with Crippen LogP contribution in [-0.2, 0) is 0 Å². The van der Waals surface area contributed by atoms with Gasteiger partial charge in [0.15, 0.2) is 0 Å². The van der Waals surface area contributed by atoms with E-state index in [9.17, 15) is 0 Å². The summed E-state index contributed by atoms with van der Waals surface area (Å²) < 4.78 is 0. The Labute approximate surface area is 134 Å². The Bertz CT molecular complexity index is 468. The van der Waals surface area contributed by atoms with Crippen LogP contribution in [0.3, 0.4) is 0 Å². The van der Waals surface area contributed by atoms with Crippen LogP contribution in [-0.4, -0.2) is 61.2 Å². The lowest BCUT2D eigenvalue weighted by Gasteiger charge is -2.39. The van der Waals surface area contributed by atoms with E-state index in [1.54, 1.807) is 0 Å². The second-order valence-electron chi connectivity index (χ2n) is 6.80. The minimum absolute atomic E-state index is 0.679. The highest BCUT2D eigenvalue weighted by molar-refractivity contribution is 5.42. The van der Waals surface area contributed by atoms with Crippen LogP contribution in [0.25, 0.3) is 0 Å². The molecule has 0 bridgehead atoms. The van der Waals surface area contributed by atoms with E-state index in [0.29, 0.717) is 6.04 Å². The van der Waals surface area contributed by atoms with Gasteiger partial charge in [-0.2, -0.15) is 4.98 Å². The van der Waals surface area contributed by atoms with Crippen molar-refractivity contribution in [2.75, 3.05) is 50.1 Å². The predicted octanol–water partition coefficient (Wildman–Crippen LogP) is 2.39. The number of rotatable bonds is 3. The molecule has 1 aromatic heterocycles. The van der Waals surface area contributed by atoms with Crippen LogP contribution in [0, 0.1) is 0 Å². The van der Waals surface area contributed by atoms with Crippen molar-refractivity contribution in [1.29, 1.82) is 0 Å². The number of hydrogen-bond acceptors (Lipinski definition) is 5. The molecule has 1 atom stereocenters. The van der Waals surface area contributed by atoms with Gasteiger partial charge in [-0.25, -0.2) is 4.98 Å². The maximum absolute atomic E-state index is 4.72. The summed E-state index contributed by atoms with van der Waals surface area (Å²) in [6.45, 7) is 4.71. The fourth-order valence-corrected chi connectivity index (χ4v) is 3.64. The van der Waals surface area contributed by atoms with Gasteiger partial charge in [0.05, 0.1) is 0 Å². The van der Waals surface area contributed by atoms with Crippen LogP contribution in [0.2, 0.25) is 0 Å². The Morgan fingerprint density at radius 1 is 1.05 bits per heavy atom. The highest BCUT2D eigenvalue weighted by Crippen LogP contribution is 2.23. The van der Waals surface area contributed by atoms with Crippen molar-refractivity contribution in [2.24, 2.45) is 0 Å². The molecule has 0 radical (unpaired) electrons. The Balaban J connectivity index is 1.68. The van der Waals surface area contributed by atoms with E-state index in [-0.39, 0.29) is 0 Å². The molecular formula is C17H29N5. The molecule has 1 aromatic rings. The van der Waals surface area contributed by atoms with Crippen LogP contribution in [0.15, 0.2) is 12.3 Å². The first-order valence-corrected chi connectivity index (χ1v) is 8.73. The molecule has 3 heterocycles. The number of likely N-dealkylation sites (tertiary alicyclic amines) is 1. The van der Waals surface area contributed by atoms with Crippen molar-refractivity contribution in [3.05, 3.63) is 12.3 Å². The average Bonchev–Trinajstić information content (AvgIpc) is 2.84. The van der Waals surface area contributed by atoms with Gasteiger partial charge in [0, 0.05) is 39.4 Å². The van der Waals surface area contributed by atoms with Crippen LogP contribution in [0.4, 0.5) is 11.8 Å². The molecule has 2 aliphatic heterocycles. The van der Waals surface area contributed by atoms with Gasteiger partial charge in [0.2, 0.25) is 5.95 Å². The van der Waals surface area contributed by atoms with Gasteiger partial charge in [-0.05, 0) is 44.8 Å². The van der Waals surface area contributed by atoms with Crippen LogP contribution in [0.5, 0.6) is 0 Å². The molecule has 0 amide bonds. The summed E-state index contributed by atoms with van der Waals surface area (Å²) in [5.41, 5.74) is 0. The number of piperidine rings is 1. The summed E-state index contributed by atoms with van der Waals surface area (Å²) in [5.74, 6) is 1.88. The lowest BCUT2D eigenvalue weighted by molar-refractivity contribution is 0.181. The van der Waals surface area contributed by atoms with Crippen LogP contribution < -0.4 is 9.80 Å². The summed E-state index contributed by atoms with van der Waals surface area (Å²) in [4.78, 5) is 16.4. The third-order valence-electron chi connectivity index (χ3n) is 4.92. The molecule has 0 saturated carbocycles. The SMILES string of the molecule is CN(C)c1ccnc(N2CCCC(N3CCCCCC3)C2)n1. The van der Waals surface area contributed by atoms with Crippen molar-refractivity contribution >= 4 is 11.8 Å². The van der Waals surface area contributed by atoms with Crippen LogP contribution in [0.1, 0.15) is 38.5 Å². The molecule has 0 N–H and O–H groups in total. The van der Waals surface area contributed by atoms with Crippen molar-refractivity contribution in [3.8, 4) is 0 Å². The van der Waals surface area contributed by atoms with E-state index >= 15 is 0 Å². The second-order valence-corrected chi connectivity index (χ2v) is 6.80. The molecule has 2 aliphatic rings. The van der Waals surface area contributed by atoms with E-state index < -0.39 is 0 Å². The molecule has 3 rings (SSSR count). The first-order chi connectivity index (χ1) is 10.7. The molecule has 2 fully saturated rings. The van der Waals surface area contributed by atoms with Gasteiger partial charge in [-0.15, -0.1) is 0 Å². The molecule has 0 aromatic carbocycles. The zero-order valence-corrected chi connectivity index (χ0v) is 14.0. The van der Waals surface area contributed by atoms with Gasteiger partial charge < -0.3 is 9.80 Å². The van der Waals surface area contributed by atoms with Crippen molar-refractivity contribution in [2.45, 2.75) is 44.6 Å². The number of anilines is 2. The summed E-state index contributed by atoms with van der Waals surface area (Å²) >= 11 is 0. The fourth-order valence-electron chi connectivity index (χ4n) is 3.64. The number of aromatic nitrogens is 2. The third kappa shape index (κ3) is 3.69. The zero-order chi connectivity index (χ0) is 15.4. The Morgan fingerprint density at radius 2 is 1.82 bits per heavy atom. The summed E-state index contributed by atoms with van der Waals surface area (Å²) in [7, 11) is 4.06. The normalized spacial score (nSPS) is 24.1. The highest BCUT2D eigenvalue weighted by Gasteiger charge is 2.27. The molecule has 22 heavy (non-hydrogen) atoms. The van der Waals surface area contributed by atoms with E-state index in [2.05, 4.69) is 14.8 Å². The molecule has 0 aliphatic carbocycles. The largest absolute Gasteiger partial charge is 0.363 e. The number of hydrogen-bond donors (Lipinski definition) is 0. The molecule has 2 saturated heterocycles. The minimum Gasteiger partial charge on any atom is -0.363 e. The van der Waals surface area contributed by atoms with E-state index in [0.717, 1.165) is 24.9 Å². The standard InChI is InChI=1S/C17H29N5/c1-20(2)16-9-10-18-17(19-16)22-13-7-8-15(14-22)21-11-5-3-4-6-12-21/h9-10,15H,3-8,11-14H2,1-2H3. The molecule has 1 unspecified atom stereocenters. The van der Waals surface area contributed by atoms with Crippen molar-refractivity contribution in [1.82, 2.24) is 14.9 Å². The summed E-state index contributed by atoms with van der Waals surface area (Å²) in [6.07, 6.45) is 9.99. The van der Waals surface area contributed by atoms with Gasteiger partial charge in [0.25, 0.3) is 0 Å². The van der Waals surface area contributed by atoms with Gasteiger partial charge in [-0.1, -0.05) is 12.8 Å². The second kappa shape index (κ2) is 7.27. The maximum Gasteiger partial charge on any atom is 0.227 e.